The number of hydrogen-bond acceptors (Lipinski definition) is 7. The molecule has 1 N–H and O–H groups in total. The van der Waals surface area contributed by atoms with Gasteiger partial charge in [-0.3, -0.25) is 9.78 Å². The Morgan fingerprint density at radius 1 is 1.00 bits per heavy atom. The largest absolute Gasteiger partial charge is 0.372 e. The molecular formula is C28H29N5O3. The molecule has 0 aliphatic rings. The van der Waals surface area contributed by atoms with Crippen LogP contribution < -0.4 is 10.9 Å². The molecule has 8 nitrogen and oxygen atoms in total. The summed E-state index contributed by atoms with van der Waals surface area (Å²) in [5.41, 5.74) is 4.83. The summed E-state index contributed by atoms with van der Waals surface area (Å²) in [6, 6.07) is 21.6. The molecule has 1 unspecified atom stereocenters. The lowest BCUT2D eigenvalue weighted by molar-refractivity contribution is 0.0886. The second kappa shape index (κ2) is 11.0. The smallest absolute Gasteiger partial charge is 0.267 e. The van der Waals surface area contributed by atoms with Gasteiger partial charge in [-0.2, -0.15) is 4.98 Å². The zero-order valence-electron chi connectivity index (χ0n) is 21.0. The summed E-state index contributed by atoms with van der Waals surface area (Å²) in [6.07, 6.45) is 1.50. The van der Waals surface area contributed by atoms with Gasteiger partial charge in [0.25, 0.3) is 17.4 Å². The van der Waals surface area contributed by atoms with Crippen LogP contribution in [0.2, 0.25) is 0 Å². The standard InChI is InChI=1S/C22H23N5O3.C6H6/c1-12-6-7-16(24-22-25-20(30-26-22)14(3)29-5)10-17(12)18-9-15-11-23-13(2)8-19(15)27(4)21(18)28;1-2-4-6-5-3-1/h6-11,14H,1-5H3,(H,24,26);1-6H. The minimum atomic E-state index is -0.292. The van der Waals surface area contributed by atoms with E-state index in [-0.39, 0.29) is 11.7 Å². The first-order valence-electron chi connectivity index (χ1n) is 11.6. The van der Waals surface area contributed by atoms with Crippen molar-refractivity contribution in [2.24, 2.45) is 7.05 Å². The average molecular weight is 484 g/mol. The minimum Gasteiger partial charge on any atom is -0.372 e. The molecule has 0 aliphatic carbocycles. The zero-order chi connectivity index (χ0) is 25.7. The number of hydrogen-bond donors (Lipinski definition) is 1. The Bertz CT molecular complexity index is 1500. The molecule has 0 saturated heterocycles. The lowest BCUT2D eigenvalue weighted by Gasteiger charge is -2.12. The molecule has 5 aromatic rings. The van der Waals surface area contributed by atoms with E-state index in [2.05, 4.69) is 20.4 Å². The van der Waals surface area contributed by atoms with Gasteiger partial charge in [0.15, 0.2) is 0 Å². The van der Waals surface area contributed by atoms with Crippen LogP contribution in [0.3, 0.4) is 0 Å². The van der Waals surface area contributed by atoms with Gasteiger partial charge < -0.3 is 19.1 Å². The van der Waals surface area contributed by atoms with Crippen molar-refractivity contribution in [3.63, 3.8) is 0 Å². The van der Waals surface area contributed by atoms with Crippen LogP contribution >= 0.6 is 0 Å². The molecule has 2 aromatic carbocycles. The van der Waals surface area contributed by atoms with E-state index in [9.17, 15) is 4.79 Å². The first-order valence-corrected chi connectivity index (χ1v) is 11.6. The van der Waals surface area contributed by atoms with Crippen molar-refractivity contribution >= 4 is 22.5 Å². The highest BCUT2D eigenvalue weighted by Crippen LogP contribution is 2.28. The van der Waals surface area contributed by atoms with Gasteiger partial charge in [0.1, 0.15) is 6.10 Å². The molecule has 3 heterocycles. The molecular weight excluding hydrogens is 454 g/mol. The van der Waals surface area contributed by atoms with Crippen LogP contribution in [0.15, 0.2) is 82.2 Å². The van der Waals surface area contributed by atoms with Crippen LogP contribution in [-0.4, -0.2) is 26.8 Å². The molecule has 1 atom stereocenters. The van der Waals surface area contributed by atoms with E-state index in [1.54, 1.807) is 24.9 Å². The van der Waals surface area contributed by atoms with Crippen molar-refractivity contribution in [1.29, 1.82) is 0 Å². The number of pyridine rings is 2. The summed E-state index contributed by atoms with van der Waals surface area (Å²) >= 11 is 0. The van der Waals surface area contributed by atoms with Crippen LogP contribution in [0, 0.1) is 13.8 Å². The summed E-state index contributed by atoms with van der Waals surface area (Å²) < 4.78 is 12.1. The second-order valence-corrected chi connectivity index (χ2v) is 8.45. The monoisotopic (exact) mass is 483 g/mol. The van der Waals surface area contributed by atoms with Crippen molar-refractivity contribution in [3.8, 4) is 11.1 Å². The van der Waals surface area contributed by atoms with Gasteiger partial charge >= 0.3 is 0 Å². The fourth-order valence-corrected chi connectivity index (χ4v) is 3.71. The van der Waals surface area contributed by atoms with E-state index in [1.807, 2.05) is 87.5 Å². The predicted molar refractivity (Wildman–Crippen MR) is 141 cm³/mol. The topological polar surface area (TPSA) is 95.1 Å². The third-order valence-electron chi connectivity index (χ3n) is 5.84. The quantitative estimate of drug-likeness (QED) is 0.341. The number of methoxy groups -OCH3 is 1. The first-order chi connectivity index (χ1) is 17.4. The van der Waals surface area contributed by atoms with Gasteiger partial charge in [0.05, 0.1) is 5.52 Å². The summed E-state index contributed by atoms with van der Waals surface area (Å²) in [4.78, 5) is 21.8. The van der Waals surface area contributed by atoms with Gasteiger partial charge in [-0.15, -0.1) is 0 Å². The number of rotatable bonds is 5. The SMILES string of the molecule is COC(C)c1nc(Nc2ccc(C)c(-c3cc4cnc(C)cc4n(C)c3=O)c2)no1.c1ccccc1. The van der Waals surface area contributed by atoms with E-state index >= 15 is 0 Å². The number of benzene rings is 2. The molecule has 0 radical (unpaired) electrons. The highest BCUT2D eigenvalue weighted by atomic mass is 16.5. The summed E-state index contributed by atoms with van der Waals surface area (Å²) in [5, 5.41) is 7.97. The lowest BCUT2D eigenvalue weighted by Crippen LogP contribution is -2.19. The van der Waals surface area contributed by atoms with Crippen molar-refractivity contribution in [3.05, 3.63) is 100 Å². The Hall–Kier alpha value is -4.30. The highest BCUT2D eigenvalue weighted by molar-refractivity contribution is 5.85. The molecule has 0 aliphatic heterocycles. The van der Waals surface area contributed by atoms with Crippen molar-refractivity contribution < 1.29 is 9.26 Å². The highest BCUT2D eigenvalue weighted by Gasteiger charge is 2.15. The van der Waals surface area contributed by atoms with E-state index < -0.39 is 0 Å². The maximum atomic E-state index is 13.1. The Kier molecular flexibility index (Phi) is 7.56. The van der Waals surface area contributed by atoms with Gasteiger partial charge in [0, 0.05) is 42.7 Å². The zero-order valence-corrected chi connectivity index (χ0v) is 21.0. The summed E-state index contributed by atoms with van der Waals surface area (Å²) in [5.74, 6) is 0.716. The molecule has 8 heteroatoms. The predicted octanol–water partition coefficient (Wildman–Crippen LogP) is 5.74. The van der Waals surface area contributed by atoms with Crippen LogP contribution in [0.1, 0.15) is 30.2 Å². The summed E-state index contributed by atoms with van der Waals surface area (Å²) in [7, 11) is 3.36. The molecule has 0 spiro atoms. The summed E-state index contributed by atoms with van der Waals surface area (Å²) in [6.45, 7) is 5.71. The van der Waals surface area contributed by atoms with Gasteiger partial charge in [-0.1, -0.05) is 42.5 Å². The third kappa shape index (κ3) is 5.50. The Morgan fingerprint density at radius 2 is 1.69 bits per heavy atom. The van der Waals surface area contributed by atoms with E-state index in [1.165, 1.54) is 0 Å². The van der Waals surface area contributed by atoms with Crippen LogP contribution in [0.25, 0.3) is 22.0 Å². The minimum absolute atomic E-state index is 0.0656. The average Bonchev–Trinajstić information content (AvgIpc) is 3.37. The van der Waals surface area contributed by atoms with Crippen LogP contribution in [0.4, 0.5) is 11.6 Å². The number of fused-ring (bicyclic) bond motifs is 1. The Labute approximate surface area is 209 Å². The Balaban J connectivity index is 0.000000445. The molecule has 184 valence electrons. The normalized spacial score (nSPS) is 11.6. The fourth-order valence-electron chi connectivity index (χ4n) is 3.71. The number of nitrogens with one attached hydrogen (secondary N) is 1. The number of ether oxygens (including phenoxy) is 1. The molecule has 0 fully saturated rings. The second-order valence-electron chi connectivity index (χ2n) is 8.45. The molecule has 3 aromatic heterocycles. The lowest BCUT2D eigenvalue weighted by atomic mass is 9.99. The number of aromatic nitrogens is 4. The van der Waals surface area contributed by atoms with Crippen molar-refractivity contribution in [2.45, 2.75) is 26.9 Å². The molecule has 0 amide bonds. The van der Waals surface area contributed by atoms with E-state index in [0.29, 0.717) is 17.4 Å². The van der Waals surface area contributed by atoms with Crippen molar-refractivity contribution in [2.75, 3.05) is 12.4 Å². The van der Waals surface area contributed by atoms with Gasteiger partial charge in [-0.05, 0) is 61.3 Å². The maximum Gasteiger partial charge on any atom is 0.267 e. The van der Waals surface area contributed by atoms with Crippen LogP contribution in [0.5, 0.6) is 0 Å². The number of nitrogens with zero attached hydrogens (tertiary/aromatic N) is 4. The van der Waals surface area contributed by atoms with Gasteiger partial charge in [-0.25, -0.2) is 0 Å². The molecule has 0 saturated carbocycles. The Morgan fingerprint density at radius 3 is 2.36 bits per heavy atom. The van der Waals surface area contributed by atoms with E-state index in [4.69, 9.17) is 9.26 Å². The number of aryl methyl sites for hydroxylation is 3. The van der Waals surface area contributed by atoms with Crippen molar-refractivity contribution in [1.82, 2.24) is 19.7 Å². The third-order valence-corrected chi connectivity index (χ3v) is 5.84. The maximum absolute atomic E-state index is 13.1. The van der Waals surface area contributed by atoms with E-state index in [0.717, 1.165) is 33.4 Å². The first kappa shape index (κ1) is 24.8. The molecule has 0 bridgehead atoms. The fraction of sp³-hybridized carbons (Fsp3) is 0.214. The molecule has 36 heavy (non-hydrogen) atoms. The van der Waals surface area contributed by atoms with Crippen LogP contribution in [-0.2, 0) is 11.8 Å². The molecule has 5 rings (SSSR count). The van der Waals surface area contributed by atoms with Gasteiger partial charge in [0.2, 0.25) is 0 Å². The number of anilines is 2.